The summed E-state index contributed by atoms with van der Waals surface area (Å²) in [4.78, 5) is 0.522. The summed E-state index contributed by atoms with van der Waals surface area (Å²) in [5, 5.41) is 0. The molecule has 0 aliphatic carbocycles. The zero-order valence-electron chi connectivity index (χ0n) is 9.02. The molecule has 3 atom stereocenters. The highest BCUT2D eigenvalue weighted by molar-refractivity contribution is 9.09. The van der Waals surface area contributed by atoms with Crippen molar-refractivity contribution in [3.63, 3.8) is 0 Å². The number of alkyl halides is 4. The van der Waals surface area contributed by atoms with Crippen molar-refractivity contribution >= 4 is 15.9 Å². The topological polar surface area (TPSA) is 3.24 Å². The predicted molar refractivity (Wildman–Crippen MR) is 58.2 cm³/mol. The molecule has 0 aromatic rings. The molecule has 1 rings (SSSR count). The van der Waals surface area contributed by atoms with Crippen LogP contribution in [-0.4, -0.2) is 35.0 Å². The minimum absolute atomic E-state index is 0.0669. The predicted octanol–water partition coefficient (Wildman–Crippen LogP) is 3.43. The Hall–Kier alpha value is 0.230. The van der Waals surface area contributed by atoms with E-state index in [4.69, 9.17) is 0 Å². The lowest BCUT2D eigenvalue weighted by Gasteiger charge is -2.37. The molecule has 0 N–H and O–H groups in total. The van der Waals surface area contributed by atoms with Gasteiger partial charge in [0, 0.05) is 12.6 Å². The number of hydrogen-bond acceptors (Lipinski definition) is 1. The van der Waals surface area contributed by atoms with E-state index in [1.165, 1.54) is 0 Å². The minimum Gasteiger partial charge on any atom is -0.299 e. The van der Waals surface area contributed by atoms with Crippen LogP contribution in [0.1, 0.15) is 26.7 Å². The van der Waals surface area contributed by atoms with Gasteiger partial charge in [0.25, 0.3) is 0 Å². The second kappa shape index (κ2) is 5.04. The Bertz CT molecular complexity index is 207. The highest BCUT2D eigenvalue weighted by atomic mass is 79.9. The van der Waals surface area contributed by atoms with E-state index in [9.17, 15) is 13.2 Å². The van der Waals surface area contributed by atoms with Gasteiger partial charge in [-0.25, -0.2) is 0 Å². The van der Waals surface area contributed by atoms with Gasteiger partial charge in [0.2, 0.25) is 0 Å². The summed E-state index contributed by atoms with van der Waals surface area (Å²) < 4.78 is 37.0. The minimum atomic E-state index is -4.14. The van der Waals surface area contributed by atoms with Crippen molar-refractivity contribution in [3.8, 4) is 0 Å². The lowest BCUT2D eigenvalue weighted by Crippen LogP contribution is -2.46. The summed E-state index contributed by atoms with van der Waals surface area (Å²) in [6.07, 6.45) is -2.14. The Morgan fingerprint density at radius 3 is 2.47 bits per heavy atom. The van der Waals surface area contributed by atoms with Gasteiger partial charge < -0.3 is 0 Å². The fraction of sp³-hybridized carbons (Fsp3) is 1.00. The van der Waals surface area contributed by atoms with Gasteiger partial charge in [0.1, 0.15) is 4.83 Å². The smallest absolute Gasteiger partial charge is 0.299 e. The Labute approximate surface area is 97.1 Å². The number of rotatable bonds is 2. The van der Waals surface area contributed by atoms with Crippen molar-refractivity contribution in [2.45, 2.75) is 43.7 Å². The molecule has 0 saturated carbocycles. The summed E-state index contributed by atoms with van der Waals surface area (Å²) >= 11 is 2.71. The van der Waals surface area contributed by atoms with Crippen LogP contribution in [0.3, 0.4) is 0 Å². The fourth-order valence-corrected chi connectivity index (χ4v) is 2.41. The molecule has 5 heteroatoms. The van der Waals surface area contributed by atoms with Gasteiger partial charge in [0.15, 0.2) is 0 Å². The number of halogens is 4. The van der Waals surface area contributed by atoms with Crippen molar-refractivity contribution < 1.29 is 13.2 Å². The average molecular weight is 288 g/mol. The van der Waals surface area contributed by atoms with Gasteiger partial charge in [-0.05, 0) is 32.2 Å². The van der Waals surface area contributed by atoms with Crippen LogP contribution >= 0.6 is 15.9 Å². The van der Waals surface area contributed by atoms with Crippen LogP contribution in [0, 0.1) is 5.92 Å². The Balaban J connectivity index is 2.45. The first-order valence-corrected chi connectivity index (χ1v) is 6.17. The Kier molecular flexibility index (Phi) is 4.47. The third-order valence-electron chi connectivity index (χ3n) is 3.03. The molecule has 0 bridgehead atoms. The maximum absolute atomic E-state index is 12.3. The van der Waals surface area contributed by atoms with E-state index in [0.717, 1.165) is 19.4 Å². The van der Waals surface area contributed by atoms with E-state index in [0.29, 0.717) is 5.92 Å². The monoisotopic (exact) mass is 287 g/mol. The van der Waals surface area contributed by atoms with Gasteiger partial charge in [-0.15, -0.1) is 0 Å². The largest absolute Gasteiger partial charge is 0.402 e. The van der Waals surface area contributed by atoms with E-state index in [2.05, 4.69) is 22.9 Å². The molecule has 0 aromatic heterocycles. The Morgan fingerprint density at radius 1 is 1.40 bits per heavy atom. The van der Waals surface area contributed by atoms with Crippen LogP contribution in [0.5, 0.6) is 0 Å². The SMILES string of the molecule is CC1CCN(CC(Br)C(F)(F)F)C(C)C1. The number of nitrogens with zero attached hydrogens (tertiary/aromatic N) is 1. The molecule has 0 amide bonds. The molecule has 90 valence electrons. The molecule has 0 radical (unpaired) electrons. The summed E-state index contributed by atoms with van der Waals surface area (Å²) in [6, 6.07) is 0.260. The first-order valence-electron chi connectivity index (χ1n) is 5.25. The van der Waals surface area contributed by atoms with Gasteiger partial charge in [-0.2, -0.15) is 13.2 Å². The van der Waals surface area contributed by atoms with Crippen LogP contribution in [-0.2, 0) is 0 Å². The lowest BCUT2D eigenvalue weighted by atomic mass is 9.93. The Morgan fingerprint density at radius 2 is 2.00 bits per heavy atom. The number of hydrogen-bond donors (Lipinski definition) is 0. The summed E-state index contributed by atoms with van der Waals surface area (Å²) in [5.74, 6) is 0.635. The first-order chi connectivity index (χ1) is 6.80. The zero-order valence-corrected chi connectivity index (χ0v) is 10.6. The fourth-order valence-electron chi connectivity index (χ4n) is 2.04. The molecule has 15 heavy (non-hydrogen) atoms. The highest BCUT2D eigenvalue weighted by Crippen LogP contribution is 2.30. The molecule has 1 nitrogen and oxygen atoms in total. The van der Waals surface area contributed by atoms with E-state index in [1.54, 1.807) is 0 Å². The molecule has 3 unspecified atom stereocenters. The van der Waals surface area contributed by atoms with Gasteiger partial charge in [-0.3, -0.25) is 4.90 Å². The highest BCUT2D eigenvalue weighted by Gasteiger charge is 2.39. The van der Waals surface area contributed by atoms with Crippen LogP contribution in [0.4, 0.5) is 13.2 Å². The van der Waals surface area contributed by atoms with Crippen molar-refractivity contribution in [1.82, 2.24) is 4.90 Å². The third kappa shape index (κ3) is 3.94. The molecule has 1 heterocycles. The van der Waals surface area contributed by atoms with Gasteiger partial charge in [-0.1, -0.05) is 22.9 Å². The zero-order chi connectivity index (χ0) is 11.6. The maximum atomic E-state index is 12.3. The first kappa shape index (κ1) is 13.3. The van der Waals surface area contributed by atoms with Gasteiger partial charge in [0.05, 0.1) is 0 Å². The molecule has 0 aromatic carbocycles. The average Bonchev–Trinajstić information content (AvgIpc) is 2.08. The standard InChI is InChI=1S/C10H17BrF3N/c1-7-3-4-15(8(2)5-7)6-9(11)10(12,13)14/h7-9H,3-6H2,1-2H3. The third-order valence-corrected chi connectivity index (χ3v) is 3.83. The van der Waals surface area contributed by atoms with E-state index >= 15 is 0 Å². The van der Waals surface area contributed by atoms with E-state index in [-0.39, 0.29) is 12.6 Å². The molecule has 1 aliphatic rings. The molecule has 1 saturated heterocycles. The van der Waals surface area contributed by atoms with Gasteiger partial charge >= 0.3 is 6.18 Å². The molecular formula is C10H17BrF3N. The molecular weight excluding hydrogens is 271 g/mol. The summed E-state index contributed by atoms with van der Waals surface area (Å²) in [6.45, 7) is 5.01. The number of likely N-dealkylation sites (tertiary alicyclic amines) is 1. The molecule has 1 fully saturated rings. The summed E-state index contributed by atoms with van der Waals surface area (Å²) in [5.41, 5.74) is 0. The molecule has 1 aliphatic heterocycles. The van der Waals surface area contributed by atoms with Crippen molar-refractivity contribution in [3.05, 3.63) is 0 Å². The normalized spacial score (nSPS) is 31.6. The van der Waals surface area contributed by atoms with Crippen LogP contribution in [0.25, 0.3) is 0 Å². The quantitative estimate of drug-likeness (QED) is 0.704. The number of piperidine rings is 1. The maximum Gasteiger partial charge on any atom is 0.402 e. The summed E-state index contributed by atoms with van der Waals surface area (Å²) in [7, 11) is 0. The second-order valence-corrected chi connectivity index (χ2v) is 5.59. The van der Waals surface area contributed by atoms with E-state index in [1.807, 2.05) is 11.8 Å². The molecule has 0 spiro atoms. The lowest BCUT2D eigenvalue weighted by molar-refractivity contribution is -0.132. The second-order valence-electron chi connectivity index (χ2n) is 4.48. The van der Waals surface area contributed by atoms with Crippen molar-refractivity contribution in [2.75, 3.05) is 13.1 Å². The van der Waals surface area contributed by atoms with E-state index < -0.39 is 11.0 Å². The van der Waals surface area contributed by atoms with Crippen molar-refractivity contribution in [1.29, 1.82) is 0 Å². The van der Waals surface area contributed by atoms with Crippen LogP contribution in [0.2, 0.25) is 0 Å². The van der Waals surface area contributed by atoms with Crippen LogP contribution in [0.15, 0.2) is 0 Å². The van der Waals surface area contributed by atoms with Crippen LogP contribution < -0.4 is 0 Å². The van der Waals surface area contributed by atoms with Crippen molar-refractivity contribution in [2.24, 2.45) is 5.92 Å².